The number of rotatable bonds is 5. The van der Waals surface area contributed by atoms with E-state index < -0.39 is 0 Å². The zero-order valence-electron chi connectivity index (χ0n) is 16.8. The number of hydrogen-bond acceptors (Lipinski definition) is 6. The van der Waals surface area contributed by atoms with Gasteiger partial charge in [-0.1, -0.05) is 0 Å². The van der Waals surface area contributed by atoms with Crippen molar-refractivity contribution in [1.29, 1.82) is 0 Å². The highest BCUT2D eigenvalue weighted by Gasteiger charge is 2.13. The van der Waals surface area contributed by atoms with E-state index in [0.717, 1.165) is 28.3 Å². The number of aryl methyl sites for hydroxylation is 4. The summed E-state index contributed by atoms with van der Waals surface area (Å²) in [6.07, 6.45) is 4.03. The van der Waals surface area contributed by atoms with Crippen molar-refractivity contribution in [3.63, 3.8) is 0 Å². The quantitative estimate of drug-likeness (QED) is 0.562. The second kappa shape index (κ2) is 7.42. The molecule has 0 aliphatic rings. The molecule has 0 saturated heterocycles. The highest BCUT2D eigenvalue weighted by Crippen LogP contribution is 2.16. The van der Waals surface area contributed by atoms with E-state index in [1.807, 2.05) is 45.9 Å². The molecule has 4 heterocycles. The Balaban J connectivity index is 1.42. The number of pyridine rings is 1. The fraction of sp³-hybridized carbons (Fsp3) is 0.300. The van der Waals surface area contributed by atoms with E-state index in [-0.39, 0.29) is 5.91 Å². The van der Waals surface area contributed by atoms with Gasteiger partial charge in [0, 0.05) is 23.5 Å². The van der Waals surface area contributed by atoms with Gasteiger partial charge in [-0.25, -0.2) is 19.2 Å². The van der Waals surface area contributed by atoms with Crippen LogP contribution in [0.3, 0.4) is 0 Å². The van der Waals surface area contributed by atoms with E-state index >= 15 is 0 Å². The molecule has 29 heavy (non-hydrogen) atoms. The number of carbonyl (C=O) groups excluding carboxylic acids is 1. The van der Waals surface area contributed by atoms with Gasteiger partial charge in [-0.15, -0.1) is 0 Å². The molecule has 0 spiro atoms. The first-order valence-corrected chi connectivity index (χ1v) is 9.37. The third kappa shape index (κ3) is 3.71. The maximum Gasteiger partial charge on any atom is 0.252 e. The summed E-state index contributed by atoms with van der Waals surface area (Å²) in [4.78, 5) is 25.4. The van der Waals surface area contributed by atoms with Crippen molar-refractivity contribution >= 4 is 17.4 Å². The normalized spacial score (nSPS) is 11.2. The van der Waals surface area contributed by atoms with Crippen LogP contribution in [0, 0.1) is 27.7 Å². The maximum atomic E-state index is 12.4. The van der Waals surface area contributed by atoms with Crippen LogP contribution in [-0.4, -0.2) is 40.3 Å². The smallest absolute Gasteiger partial charge is 0.252 e. The average molecular weight is 390 g/mol. The number of hydrogen-bond donors (Lipinski definition) is 1. The lowest BCUT2D eigenvalue weighted by molar-refractivity contribution is -0.116. The van der Waals surface area contributed by atoms with Crippen molar-refractivity contribution in [1.82, 2.24) is 34.3 Å². The monoisotopic (exact) mass is 390 g/mol. The summed E-state index contributed by atoms with van der Waals surface area (Å²) in [5, 5.41) is 11.5. The van der Waals surface area contributed by atoms with Gasteiger partial charge in [0.05, 0.1) is 17.6 Å². The van der Waals surface area contributed by atoms with Gasteiger partial charge in [0.25, 0.3) is 5.78 Å². The van der Waals surface area contributed by atoms with E-state index in [2.05, 4.69) is 30.5 Å². The van der Waals surface area contributed by atoms with Gasteiger partial charge in [0.15, 0.2) is 5.82 Å². The van der Waals surface area contributed by atoms with Crippen molar-refractivity contribution < 1.29 is 4.79 Å². The highest BCUT2D eigenvalue weighted by atomic mass is 16.1. The molecule has 9 heteroatoms. The predicted molar refractivity (Wildman–Crippen MR) is 108 cm³/mol. The molecular formula is C20H22N8O. The van der Waals surface area contributed by atoms with Crippen molar-refractivity contribution in [2.24, 2.45) is 0 Å². The Morgan fingerprint density at radius 1 is 1.14 bits per heavy atom. The van der Waals surface area contributed by atoms with Crippen LogP contribution < -0.4 is 5.32 Å². The first-order valence-electron chi connectivity index (χ1n) is 9.37. The lowest BCUT2D eigenvalue weighted by atomic mass is 10.1. The van der Waals surface area contributed by atoms with Gasteiger partial charge >= 0.3 is 0 Å². The molecule has 0 aliphatic heterocycles. The van der Waals surface area contributed by atoms with Crippen molar-refractivity contribution in [3.05, 3.63) is 59.1 Å². The van der Waals surface area contributed by atoms with Crippen LogP contribution in [0.2, 0.25) is 0 Å². The molecule has 148 valence electrons. The molecule has 0 saturated carbocycles. The molecule has 0 atom stereocenters. The number of nitrogens with one attached hydrogen (secondary N) is 1. The van der Waals surface area contributed by atoms with E-state index in [1.165, 1.54) is 6.33 Å². The number of nitrogens with zero attached hydrogens (tertiary/aromatic N) is 7. The molecule has 0 aromatic carbocycles. The minimum atomic E-state index is -0.0804. The Morgan fingerprint density at radius 3 is 2.66 bits per heavy atom. The number of fused-ring (bicyclic) bond motifs is 1. The first-order chi connectivity index (χ1) is 13.9. The maximum absolute atomic E-state index is 12.4. The summed E-state index contributed by atoms with van der Waals surface area (Å²) in [6.45, 7) is 7.81. The summed E-state index contributed by atoms with van der Waals surface area (Å²) in [7, 11) is 0. The third-order valence-electron chi connectivity index (χ3n) is 4.85. The summed E-state index contributed by atoms with van der Waals surface area (Å²) in [6, 6.07) is 5.66. The van der Waals surface area contributed by atoms with E-state index in [9.17, 15) is 4.79 Å². The number of anilines is 1. The second-order valence-corrected chi connectivity index (χ2v) is 7.03. The fourth-order valence-electron chi connectivity index (χ4n) is 3.43. The number of aromatic nitrogens is 7. The van der Waals surface area contributed by atoms with Gasteiger partial charge in [0.1, 0.15) is 6.33 Å². The molecule has 4 aromatic rings. The molecule has 0 aliphatic carbocycles. The van der Waals surface area contributed by atoms with Gasteiger partial charge < -0.3 is 5.32 Å². The summed E-state index contributed by atoms with van der Waals surface area (Å²) >= 11 is 0. The minimum absolute atomic E-state index is 0.0804. The zero-order chi connectivity index (χ0) is 20.5. The molecule has 1 N–H and O–H groups in total. The molecule has 0 radical (unpaired) electrons. The lowest BCUT2D eigenvalue weighted by Crippen LogP contribution is -2.14. The van der Waals surface area contributed by atoms with Crippen LogP contribution in [0.15, 0.2) is 30.7 Å². The summed E-state index contributed by atoms with van der Waals surface area (Å²) in [5.74, 6) is 1.21. The van der Waals surface area contributed by atoms with Crippen molar-refractivity contribution in [2.75, 3.05) is 5.32 Å². The second-order valence-electron chi connectivity index (χ2n) is 7.03. The van der Waals surface area contributed by atoms with Gasteiger partial charge in [-0.3, -0.25) is 4.79 Å². The molecule has 0 bridgehead atoms. The van der Waals surface area contributed by atoms with Gasteiger partial charge in [0.2, 0.25) is 5.91 Å². The van der Waals surface area contributed by atoms with Crippen LogP contribution in [0.5, 0.6) is 0 Å². The predicted octanol–water partition coefficient (Wildman–Crippen LogP) is 2.51. The Kier molecular flexibility index (Phi) is 4.79. The SMILES string of the molecule is Cc1cc(C)n(-c2ccc(NC(=O)CCc3c(C)nc4ncnn4c3C)cn2)n1. The summed E-state index contributed by atoms with van der Waals surface area (Å²) < 4.78 is 3.47. The Hall–Kier alpha value is -3.62. The largest absolute Gasteiger partial charge is 0.325 e. The Labute approximate surface area is 167 Å². The molecule has 9 nitrogen and oxygen atoms in total. The number of carbonyl (C=O) groups is 1. The van der Waals surface area contributed by atoms with Gasteiger partial charge in [-0.2, -0.15) is 15.2 Å². The average Bonchev–Trinajstić information content (AvgIpc) is 3.28. The van der Waals surface area contributed by atoms with Crippen LogP contribution in [0.25, 0.3) is 11.6 Å². The van der Waals surface area contributed by atoms with Crippen LogP contribution in [-0.2, 0) is 11.2 Å². The minimum Gasteiger partial charge on any atom is -0.325 e. The highest BCUT2D eigenvalue weighted by molar-refractivity contribution is 5.90. The van der Waals surface area contributed by atoms with E-state index in [4.69, 9.17) is 0 Å². The Bertz CT molecular complexity index is 1190. The standard InChI is InChI=1S/C20H22N8O/c1-12-9-13(2)27(26-12)18-7-5-16(10-21-18)25-19(29)8-6-17-14(3)24-20-22-11-23-28(20)15(17)4/h5,7,9-11H,6,8H2,1-4H3,(H,25,29). The summed E-state index contributed by atoms with van der Waals surface area (Å²) in [5.41, 5.74) is 5.43. The zero-order valence-corrected chi connectivity index (χ0v) is 16.8. The molecule has 4 aromatic heterocycles. The number of amides is 1. The van der Waals surface area contributed by atoms with Crippen LogP contribution >= 0.6 is 0 Å². The lowest BCUT2D eigenvalue weighted by Gasteiger charge is -2.11. The van der Waals surface area contributed by atoms with Crippen LogP contribution in [0.4, 0.5) is 5.69 Å². The topological polar surface area (TPSA) is 103 Å². The Morgan fingerprint density at radius 2 is 1.97 bits per heavy atom. The van der Waals surface area contributed by atoms with Crippen LogP contribution in [0.1, 0.15) is 34.8 Å². The molecule has 0 unspecified atom stereocenters. The van der Waals surface area contributed by atoms with Crippen molar-refractivity contribution in [2.45, 2.75) is 40.5 Å². The van der Waals surface area contributed by atoms with E-state index in [0.29, 0.717) is 30.1 Å². The van der Waals surface area contributed by atoms with E-state index in [1.54, 1.807) is 15.4 Å². The molecule has 0 fully saturated rings. The molecule has 1 amide bonds. The first kappa shape index (κ1) is 18.7. The molecular weight excluding hydrogens is 368 g/mol. The van der Waals surface area contributed by atoms with Gasteiger partial charge in [-0.05, 0) is 57.9 Å². The molecule has 4 rings (SSSR count). The fourth-order valence-corrected chi connectivity index (χ4v) is 3.43. The van der Waals surface area contributed by atoms with Crippen molar-refractivity contribution in [3.8, 4) is 5.82 Å². The third-order valence-corrected chi connectivity index (χ3v) is 4.85.